The lowest BCUT2D eigenvalue weighted by atomic mass is 10.1. The van der Waals surface area contributed by atoms with Crippen LogP contribution in [0.1, 0.15) is 22.0 Å². The van der Waals surface area contributed by atoms with Crippen LogP contribution >= 0.6 is 38.9 Å². The molecule has 3 nitrogen and oxygen atoms in total. The van der Waals surface area contributed by atoms with E-state index in [-0.39, 0.29) is 5.91 Å². The van der Waals surface area contributed by atoms with Gasteiger partial charge in [-0.2, -0.15) is 16.6 Å². The number of benzene rings is 1. The van der Waals surface area contributed by atoms with Gasteiger partial charge in [-0.1, -0.05) is 27.5 Å². The van der Waals surface area contributed by atoms with Gasteiger partial charge in [0, 0.05) is 15.1 Å². The van der Waals surface area contributed by atoms with Gasteiger partial charge in [-0.15, -0.1) is 0 Å². The number of hydrogen-bond acceptors (Lipinski definition) is 3. The molecule has 1 amide bonds. The Kier molecular flexibility index (Phi) is 4.59. The molecule has 0 bridgehead atoms. The predicted molar refractivity (Wildman–Crippen MR) is 79.3 cm³/mol. The largest absolute Gasteiger partial charge is 0.332 e. The number of halogens is 2. The van der Waals surface area contributed by atoms with Crippen molar-refractivity contribution in [2.24, 2.45) is 0 Å². The Labute approximate surface area is 127 Å². The topological polar surface area (TPSA) is 52.9 Å². The van der Waals surface area contributed by atoms with Crippen LogP contribution in [-0.2, 0) is 0 Å². The van der Waals surface area contributed by atoms with E-state index in [0.717, 1.165) is 5.56 Å². The summed E-state index contributed by atoms with van der Waals surface area (Å²) in [5.74, 6) is -0.332. The number of carbonyl (C=O) groups excluding carboxylic acids is 1. The number of nitrogens with zero attached hydrogens (tertiary/aromatic N) is 1. The highest BCUT2D eigenvalue weighted by atomic mass is 79.9. The molecule has 0 saturated carbocycles. The number of carbonyl (C=O) groups is 1. The highest BCUT2D eigenvalue weighted by molar-refractivity contribution is 9.10. The maximum absolute atomic E-state index is 12.1. The zero-order valence-electron chi connectivity index (χ0n) is 9.56. The van der Waals surface area contributed by atoms with Crippen molar-refractivity contribution >= 4 is 44.8 Å². The molecule has 1 aromatic heterocycles. The van der Waals surface area contributed by atoms with Crippen LogP contribution in [0, 0.1) is 11.3 Å². The van der Waals surface area contributed by atoms with Gasteiger partial charge in [0.2, 0.25) is 0 Å². The summed E-state index contributed by atoms with van der Waals surface area (Å²) >= 11 is 10.6. The standard InChI is InChI=1S/C13H8BrClN2OS/c14-10-3-9(4-11(15)5-10)13(18)17-12(6-16)8-1-2-19-7-8/h1-5,7,12H,(H,17,18). The SMILES string of the molecule is N#CC(NC(=O)c1cc(Cl)cc(Br)c1)c1ccsc1. The molecule has 0 radical (unpaired) electrons. The molecule has 6 heteroatoms. The maximum atomic E-state index is 12.1. The fourth-order valence-corrected chi connectivity index (χ4v) is 3.07. The molecule has 0 saturated heterocycles. The minimum absolute atomic E-state index is 0.332. The molecule has 1 N–H and O–H groups in total. The Morgan fingerprint density at radius 3 is 2.84 bits per heavy atom. The van der Waals surface area contributed by atoms with E-state index in [9.17, 15) is 4.79 Å². The van der Waals surface area contributed by atoms with Crippen molar-refractivity contribution < 1.29 is 4.79 Å². The van der Waals surface area contributed by atoms with Crippen molar-refractivity contribution in [3.63, 3.8) is 0 Å². The molecule has 2 rings (SSSR count). The minimum atomic E-state index is -0.656. The number of thiophene rings is 1. The lowest BCUT2D eigenvalue weighted by Crippen LogP contribution is -2.27. The van der Waals surface area contributed by atoms with E-state index >= 15 is 0 Å². The lowest BCUT2D eigenvalue weighted by molar-refractivity contribution is 0.0945. The maximum Gasteiger partial charge on any atom is 0.252 e. The molecule has 2 aromatic rings. The van der Waals surface area contributed by atoms with Gasteiger partial charge >= 0.3 is 0 Å². The summed E-state index contributed by atoms with van der Waals surface area (Å²) < 4.78 is 0.717. The molecule has 1 heterocycles. The molecule has 0 spiro atoms. The average molecular weight is 356 g/mol. The van der Waals surface area contributed by atoms with Crippen molar-refractivity contribution in [3.8, 4) is 6.07 Å². The Hall–Kier alpha value is -1.35. The van der Waals surface area contributed by atoms with E-state index in [1.807, 2.05) is 16.8 Å². The first kappa shape index (κ1) is 14.1. The second-order valence-electron chi connectivity index (χ2n) is 3.75. The summed E-state index contributed by atoms with van der Waals surface area (Å²) in [6.45, 7) is 0. The summed E-state index contributed by atoms with van der Waals surface area (Å²) in [7, 11) is 0. The fourth-order valence-electron chi connectivity index (χ4n) is 1.53. The smallest absolute Gasteiger partial charge is 0.252 e. The third kappa shape index (κ3) is 3.57. The quantitative estimate of drug-likeness (QED) is 0.899. The molecule has 19 heavy (non-hydrogen) atoms. The molecule has 0 aliphatic carbocycles. The zero-order valence-corrected chi connectivity index (χ0v) is 12.7. The van der Waals surface area contributed by atoms with Crippen molar-refractivity contribution in [3.05, 3.63) is 55.6 Å². The van der Waals surface area contributed by atoms with Crippen molar-refractivity contribution in [2.45, 2.75) is 6.04 Å². The molecule has 96 valence electrons. The van der Waals surface area contributed by atoms with Gasteiger partial charge < -0.3 is 5.32 Å². The van der Waals surface area contributed by atoms with E-state index in [0.29, 0.717) is 15.1 Å². The molecule has 0 aliphatic heterocycles. The fraction of sp³-hybridized carbons (Fsp3) is 0.0769. The molecule has 1 unspecified atom stereocenters. The normalized spacial score (nSPS) is 11.6. The average Bonchev–Trinajstić information content (AvgIpc) is 2.88. The molecule has 1 aromatic carbocycles. The zero-order chi connectivity index (χ0) is 13.8. The second-order valence-corrected chi connectivity index (χ2v) is 5.88. The number of amides is 1. The first-order valence-corrected chi connectivity index (χ1v) is 7.40. The van der Waals surface area contributed by atoms with Gasteiger partial charge in [0.1, 0.15) is 6.04 Å². The van der Waals surface area contributed by atoms with Gasteiger partial charge in [-0.3, -0.25) is 4.79 Å². The van der Waals surface area contributed by atoms with Crippen LogP contribution < -0.4 is 5.32 Å². The van der Waals surface area contributed by atoms with Crippen LogP contribution in [0.4, 0.5) is 0 Å². The minimum Gasteiger partial charge on any atom is -0.332 e. The third-order valence-electron chi connectivity index (χ3n) is 2.41. The Balaban J connectivity index is 2.19. The van der Waals surface area contributed by atoms with E-state index in [2.05, 4.69) is 27.3 Å². The van der Waals surface area contributed by atoms with Gasteiger partial charge in [-0.25, -0.2) is 0 Å². The number of nitrogens with one attached hydrogen (secondary N) is 1. The number of rotatable bonds is 3. The Bertz CT molecular complexity index is 616. The van der Waals surface area contributed by atoms with Crippen LogP contribution in [0.25, 0.3) is 0 Å². The van der Waals surface area contributed by atoms with Crippen LogP contribution in [-0.4, -0.2) is 5.91 Å². The van der Waals surface area contributed by atoms with Gasteiger partial charge in [0.05, 0.1) is 6.07 Å². The molecular formula is C13H8BrClN2OS. The first-order valence-electron chi connectivity index (χ1n) is 5.29. The molecule has 0 fully saturated rings. The van der Waals surface area contributed by atoms with Crippen molar-refractivity contribution in [2.75, 3.05) is 0 Å². The van der Waals surface area contributed by atoms with Crippen LogP contribution in [0.2, 0.25) is 5.02 Å². The Morgan fingerprint density at radius 1 is 1.47 bits per heavy atom. The highest BCUT2D eigenvalue weighted by Gasteiger charge is 2.16. The van der Waals surface area contributed by atoms with E-state index < -0.39 is 6.04 Å². The predicted octanol–water partition coefficient (Wildman–Crippen LogP) is 4.16. The van der Waals surface area contributed by atoms with Crippen LogP contribution in [0.3, 0.4) is 0 Å². The van der Waals surface area contributed by atoms with Crippen molar-refractivity contribution in [1.29, 1.82) is 5.26 Å². The number of nitriles is 1. The Morgan fingerprint density at radius 2 is 2.26 bits per heavy atom. The molecular weight excluding hydrogens is 348 g/mol. The van der Waals surface area contributed by atoms with Gasteiger partial charge in [0.15, 0.2) is 0 Å². The van der Waals surface area contributed by atoms with Crippen molar-refractivity contribution in [1.82, 2.24) is 5.32 Å². The number of hydrogen-bond donors (Lipinski definition) is 1. The summed E-state index contributed by atoms with van der Waals surface area (Å²) in [6.07, 6.45) is 0. The van der Waals surface area contributed by atoms with Crippen LogP contribution in [0.15, 0.2) is 39.5 Å². The monoisotopic (exact) mass is 354 g/mol. The molecule has 0 aliphatic rings. The summed E-state index contributed by atoms with van der Waals surface area (Å²) in [5, 5.41) is 15.9. The van der Waals surface area contributed by atoms with E-state index in [1.54, 1.807) is 18.2 Å². The first-order chi connectivity index (χ1) is 9.10. The summed E-state index contributed by atoms with van der Waals surface area (Å²) in [4.78, 5) is 12.1. The van der Waals surface area contributed by atoms with Gasteiger partial charge in [-0.05, 0) is 40.6 Å². The van der Waals surface area contributed by atoms with Gasteiger partial charge in [0.25, 0.3) is 5.91 Å². The second kappa shape index (κ2) is 6.20. The summed E-state index contributed by atoms with van der Waals surface area (Å²) in [5.41, 5.74) is 1.19. The summed E-state index contributed by atoms with van der Waals surface area (Å²) in [6, 6.07) is 8.13. The van der Waals surface area contributed by atoms with E-state index in [1.165, 1.54) is 11.3 Å². The third-order valence-corrected chi connectivity index (χ3v) is 3.78. The molecule has 1 atom stereocenters. The van der Waals surface area contributed by atoms with E-state index in [4.69, 9.17) is 16.9 Å². The van der Waals surface area contributed by atoms with Crippen LogP contribution in [0.5, 0.6) is 0 Å². The lowest BCUT2D eigenvalue weighted by Gasteiger charge is -2.10. The highest BCUT2D eigenvalue weighted by Crippen LogP contribution is 2.21.